The lowest BCUT2D eigenvalue weighted by molar-refractivity contribution is -0.192. The van der Waals surface area contributed by atoms with Crippen LogP contribution in [0.2, 0.25) is 0 Å². The largest absolute Gasteiger partial charge is 0.490 e. The van der Waals surface area contributed by atoms with Gasteiger partial charge in [-0.25, -0.2) is 9.78 Å². The molecule has 1 N–H and O–H groups in total. The van der Waals surface area contributed by atoms with Gasteiger partial charge in [-0.05, 0) is 19.1 Å². The molecule has 2 aliphatic rings. The Kier molecular flexibility index (Phi) is 7.17. The molecule has 166 valence electrons. The van der Waals surface area contributed by atoms with E-state index >= 15 is 0 Å². The highest BCUT2D eigenvalue weighted by molar-refractivity contribution is 7.09. The summed E-state index contributed by atoms with van der Waals surface area (Å²) in [5.41, 5.74) is 1.15. The summed E-state index contributed by atoms with van der Waals surface area (Å²) < 4.78 is 49.0. The van der Waals surface area contributed by atoms with Crippen molar-refractivity contribution < 1.29 is 37.0 Å². The summed E-state index contributed by atoms with van der Waals surface area (Å²) in [7, 11) is 0. The number of aliphatic carboxylic acids is 1. The minimum absolute atomic E-state index is 0.123. The quantitative estimate of drug-likeness (QED) is 0.726. The monoisotopic (exact) mass is 448 g/mol. The van der Waals surface area contributed by atoms with Crippen molar-refractivity contribution in [2.75, 3.05) is 32.9 Å². The number of aryl methyl sites for hydroxylation is 1. The smallest absolute Gasteiger partial charge is 0.475 e. The number of thiazole rings is 1. The maximum atomic E-state index is 10.6. The zero-order valence-corrected chi connectivity index (χ0v) is 17.2. The van der Waals surface area contributed by atoms with Gasteiger partial charge in [0.1, 0.15) is 5.76 Å². The van der Waals surface area contributed by atoms with Crippen molar-refractivity contribution in [3.8, 4) is 0 Å². The summed E-state index contributed by atoms with van der Waals surface area (Å²) in [6.07, 6.45) is -3.34. The predicted molar refractivity (Wildman–Crippen MR) is 101 cm³/mol. The Morgan fingerprint density at radius 3 is 2.87 bits per heavy atom. The van der Waals surface area contributed by atoms with Crippen LogP contribution in [0.25, 0.3) is 0 Å². The average molecular weight is 448 g/mol. The van der Waals surface area contributed by atoms with Crippen LogP contribution >= 0.6 is 11.3 Å². The van der Waals surface area contributed by atoms with Gasteiger partial charge in [0, 0.05) is 29.8 Å². The highest BCUT2D eigenvalue weighted by Gasteiger charge is 2.50. The molecule has 11 heteroatoms. The Bertz CT molecular complexity index is 827. The number of aromatic nitrogens is 1. The highest BCUT2D eigenvalue weighted by Crippen LogP contribution is 2.42. The topological polar surface area (TPSA) is 85.0 Å². The second-order valence-electron chi connectivity index (χ2n) is 7.48. The Balaban J connectivity index is 0.000000318. The Morgan fingerprint density at radius 1 is 1.50 bits per heavy atom. The maximum absolute atomic E-state index is 10.6. The first kappa shape index (κ1) is 22.7. The van der Waals surface area contributed by atoms with Crippen molar-refractivity contribution in [3.05, 3.63) is 40.2 Å². The number of carboxylic acids is 1. The molecule has 2 aliphatic heterocycles. The van der Waals surface area contributed by atoms with Crippen LogP contribution in [0.5, 0.6) is 0 Å². The third kappa shape index (κ3) is 5.81. The first-order valence-electron chi connectivity index (χ1n) is 9.29. The standard InChI is InChI=1S/C17H22N2O3S.C2HF3O2/c1-13-18-15(9-23-13)8-21-12-17-10-19(5-14(17)7-20-11-17)6-16-3-2-4-22-16;3-2(4,5)1(6)7/h2-4,9,14H,5-8,10-12H2,1H3;(H,6,7)/t14-,17+;/m1./s1. The molecular weight excluding hydrogens is 425 g/mol. The third-order valence-corrected chi connectivity index (χ3v) is 5.92. The minimum atomic E-state index is -5.08. The number of carbonyl (C=O) groups is 1. The molecule has 0 spiro atoms. The summed E-state index contributed by atoms with van der Waals surface area (Å²) in [4.78, 5) is 15.8. The van der Waals surface area contributed by atoms with Crippen molar-refractivity contribution >= 4 is 17.3 Å². The number of carboxylic acid groups (broad SMARTS) is 1. The molecule has 0 aromatic carbocycles. The van der Waals surface area contributed by atoms with Gasteiger partial charge in [-0.3, -0.25) is 4.90 Å². The van der Waals surface area contributed by atoms with Gasteiger partial charge in [-0.1, -0.05) is 0 Å². The molecule has 0 radical (unpaired) electrons. The van der Waals surface area contributed by atoms with E-state index in [4.69, 9.17) is 23.8 Å². The highest BCUT2D eigenvalue weighted by atomic mass is 32.1. The van der Waals surface area contributed by atoms with E-state index in [1.54, 1.807) is 17.6 Å². The summed E-state index contributed by atoms with van der Waals surface area (Å²) in [5, 5.41) is 10.3. The van der Waals surface area contributed by atoms with Crippen molar-refractivity contribution in [1.29, 1.82) is 0 Å². The molecule has 7 nitrogen and oxygen atoms in total. The predicted octanol–water partition coefficient (Wildman–Crippen LogP) is 3.34. The van der Waals surface area contributed by atoms with Gasteiger partial charge in [-0.15, -0.1) is 11.3 Å². The van der Waals surface area contributed by atoms with Gasteiger partial charge in [0.05, 0.1) is 49.9 Å². The number of hydrogen-bond donors (Lipinski definition) is 1. The fourth-order valence-corrected chi connectivity index (χ4v) is 4.32. The van der Waals surface area contributed by atoms with Crippen LogP contribution in [-0.4, -0.2) is 60.0 Å². The molecule has 0 unspecified atom stereocenters. The number of likely N-dealkylation sites (tertiary alicyclic amines) is 1. The molecule has 2 fully saturated rings. The van der Waals surface area contributed by atoms with Gasteiger partial charge < -0.3 is 19.0 Å². The van der Waals surface area contributed by atoms with E-state index in [0.717, 1.165) is 55.9 Å². The zero-order valence-electron chi connectivity index (χ0n) is 16.4. The van der Waals surface area contributed by atoms with E-state index in [1.165, 1.54) is 0 Å². The van der Waals surface area contributed by atoms with Crippen molar-refractivity contribution in [1.82, 2.24) is 9.88 Å². The van der Waals surface area contributed by atoms with Crippen LogP contribution in [0.15, 0.2) is 28.2 Å². The lowest BCUT2D eigenvalue weighted by Gasteiger charge is -2.26. The van der Waals surface area contributed by atoms with E-state index < -0.39 is 12.1 Å². The van der Waals surface area contributed by atoms with Crippen LogP contribution in [0.3, 0.4) is 0 Å². The molecule has 2 atom stereocenters. The summed E-state index contributed by atoms with van der Waals surface area (Å²) in [5.74, 6) is -1.18. The summed E-state index contributed by atoms with van der Waals surface area (Å²) in [6, 6.07) is 3.99. The fourth-order valence-electron chi connectivity index (χ4n) is 3.72. The van der Waals surface area contributed by atoms with Crippen molar-refractivity contribution in [2.45, 2.75) is 26.3 Å². The summed E-state index contributed by atoms with van der Waals surface area (Å²) in [6.45, 7) is 7.93. The van der Waals surface area contributed by atoms with E-state index in [-0.39, 0.29) is 5.41 Å². The maximum Gasteiger partial charge on any atom is 0.490 e. The molecule has 2 aromatic rings. The van der Waals surface area contributed by atoms with Crippen LogP contribution < -0.4 is 0 Å². The minimum Gasteiger partial charge on any atom is -0.475 e. The van der Waals surface area contributed by atoms with E-state index in [2.05, 4.69) is 15.3 Å². The van der Waals surface area contributed by atoms with Gasteiger partial charge in [0.25, 0.3) is 0 Å². The fraction of sp³-hybridized carbons (Fsp3) is 0.579. The van der Waals surface area contributed by atoms with Gasteiger partial charge >= 0.3 is 12.1 Å². The second kappa shape index (κ2) is 9.46. The number of ether oxygens (including phenoxy) is 2. The molecule has 4 heterocycles. The molecule has 4 rings (SSSR count). The first-order valence-corrected chi connectivity index (χ1v) is 10.2. The SMILES string of the molecule is Cc1nc(COC[C@]23COC[C@H]2CN(Cc2ccco2)C3)cs1.O=C(O)C(F)(F)F. The number of halogens is 3. The molecule has 0 amide bonds. The first-order chi connectivity index (χ1) is 14.2. The van der Waals surface area contributed by atoms with Crippen LogP contribution in [0.1, 0.15) is 16.5 Å². The van der Waals surface area contributed by atoms with Crippen molar-refractivity contribution in [2.24, 2.45) is 11.3 Å². The second-order valence-corrected chi connectivity index (χ2v) is 8.54. The van der Waals surface area contributed by atoms with Gasteiger partial charge in [0.15, 0.2) is 0 Å². The lowest BCUT2D eigenvalue weighted by Crippen LogP contribution is -2.35. The van der Waals surface area contributed by atoms with Crippen LogP contribution in [-0.2, 0) is 27.4 Å². The molecule has 0 aliphatic carbocycles. The van der Waals surface area contributed by atoms with Gasteiger partial charge in [-0.2, -0.15) is 13.2 Å². The number of hydrogen-bond acceptors (Lipinski definition) is 7. The summed E-state index contributed by atoms with van der Waals surface area (Å²) >= 11 is 1.67. The molecular formula is C19H23F3N2O5S. The van der Waals surface area contributed by atoms with Gasteiger partial charge in [0.2, 0.25) is 0 Å². The normalized spacial score (nSPS) is 23.8. The molecule has 2 saturated heterocycles. The van der Waals surface area contributed by atoms with Crippen molar-refractivity contribution in [3.63, 3.8) is 0 Å². The molecule has 30 heavy (non-hydrogen) atoms. The number of furan rings is 1. The Labute approximate surface area is 175 Å². The van der Waals surface area contributed by atoms with E-state index in [1.807, 2.05) is 19.1 Å². The Morgan fingerprint density at radius 2 is 2.27 bits per heavy atom. The Hall–Kier alpha value is -1.95. The lowest BCUT2D eigenvalue weighted by atomic mass is 9.82. The molecule has 0 saturated carbocycles. The van der Waals surface area contributed by atoms with Crippen LogP contribution in [0, 0.1) is 18.3 Å². The number of nitrogens with zero attached hydrogens (tertiary/aromatic N) is 2. The number of rotatable bonds is 6. The molecule has 2 aromatic heterocycles. The number of alkyl halides is 3. The van der Waals surface area contributed by atoms with Crippen LogP contribution in [0.4, 0.5) is 13.2 Å². The third-order valence-electron chi connectivity index (χ3n) is 5.10. The van der Waals surface area contributed by atoms with E-state index in [0.29, 0.717) is 12.5 Å². The zero-order chi connectivity index (χ0) is 21.8. The number of fused-ring (bicyclic) bond motifs is 1. The van der Waals surface area contributed by atoms with E-state index in [9.17, 15) is 13.2 Å². The average Bonchev–Trinajstić information content (AvgIpc) is 3.41. The molecule has 0 bridgehead atoms.